The van der Waals surface area contributed by atoms with Gasteiger partial charge in [-0.2, -0.15) is 13.2 Å². The van der Waals surface area contributed by atoms with Crippen molar-refractivity contribution in [2.75, 3.05) is 42.1 Å². The first-order chi connectivity index (χ1) is 17.5. The Morgan fingerprint density at radius 3 is 2.38 bits per heavy atom. The van der Waals surface area contributed by atoms with E-state index in [0.717, 1.165) is 55.0 Å². The Labute approximate surface area is 213 Å². The lowest BCUT2D eigenvalue weighted by molar-refractivity contribution is -0.137. The molecule has 4 aromatic rings. The van der Waals surface area contributed by atoms with Crippen molar-refractivity contribution >= 4 is 33.9 Å². The minimum Gasteiger partial charge on any atom is -0.399 e. The molecule has 1 aliphatic heterocycles. The summed E-state index contributed by atoms with van der Waals surface area (Å²) >= 11 is 0. The van der Waals surface area contributed by atoms with Crippen LogP contribution in [0, 0.1) is 6.92 Å². The molecule has 0 aliphatic carbocycles. The van der Waals surface area contributed by atoms with Gasteiger partial charge in [0, 0.05) is 50.3 Å². The predicted octanol–water partition coefficient (Wildman–Crippen LogP) is 4.89. The smallest absolute Gasteiger partial charge is 0.399 e. The van der Waals surface area contributed by atoms with Gasteiger partial charge in [0.2, 0.25) is 0 Å². The molecule has 11 heteroatoms. The fourth-order valence-corrected chi connectivity index (χ4v) is 4.95. The summed E-state index contributed by atoms with van der Waals surface area (Å²) in [6.07, 6.45) is -0.858. The highest BCUT2D eigenvalue weighted by Gasteiger charge is 2.31. The molecule has 4 heterocycles. The lowest BCUT2D eigenvalue weighted by atomic mass is 10.0. The third kappa shape index (κ3) is 4.87. The minimum absolute atomic E-state index is 0.0603. The van der Waals surface area contributed by atoms with Gasteiger partial charge in [0.25, 0.3) is 0 Å². The van der Waals surface area contributed by atoms with Crippen LogP contribution in [0.4, 0.5) is 30.4 Å². The minimum atomic E-state index is -4.48. The third-order valence-corrected chi connectivity index (χ3v) is 6.96. The number of hydrogen-bond acceptors (Lipinski definition) is 7. The van der Waals surface area contributed by atoms with Crippen molar-refractivity contribution in [3.63, 3.8) is 0 Å². The van der Waals surface area contributed by atoms with E-state index >= 15 is 0 Å². The van der Waals surface area contributed by atoms with Gasteiger partial charge in [0.15, 0.2) is 11.3 Å². The predicted molar refractivity (Wildman–Crippen MR) is 140 cm³/mol. The van der Waals surface area contributed by atoms with E-state index in [9.17, 15) is 13.2 Å². The van der Waals surface area contributed by atoms with Gasteiger partial charge in [-0.05, 0) is 57.5 Å². The van der Waals surface area contributed by atoms with Crippen LogP contribution in [0.15, 0.2) is 36.7 Å². The van der Waals surface area contributed by atoms with Crippen LogP contribution in [0.1, 0.15) is 43.8 Å². The van der Waals surface area contributed by atoms with E-state index in [0.29, 0.717) is 28.9 Å². The number of nitrogens with two attached hydrogens (primary N) is 1. The molecule has 3 N–H and O–H groups in total. The summed E-state index contributed by atoms with van der Waals surface area (Å²) in [7, 11) is 0. The van der Waals surface area contributed by atoms with Crippen molar-refractivity contribution in [3.05, 3.63) is 53.6 Å². The molecule has 5 rings (SSSR count). The Bertz CT molecular complexity index is 1440. The Morgan fingerprint density at radius 2 is 1.70 bits per heavy atom. The average molecular weight is 513 g/mol. The molecule has 0 unspecified atom stereocenters. The number of piperazine rings is 1. The van der Waals surface area contributed by atoms with E-state index in [-0.39, 0.29) is 5.69 Å². The van der Waals surface area contributed by atoms with Gasteiger partial charge >= 0.3 is 6.18 Å². The highest BCUT2D eigenvalue weighted by molar-refractivity contribution is 5.94. The Hall–Kier alpha value is -3.60. The van der Waals surface area contributed by atoms with Gasteiger partial charge in [-0.15, -0.1) is 0 Å². The number of nitrogens with one attached hydrogen (secondary N) is 1. The lowest BCUT2D eigenvalue weighted by Gasteiger charge is -2.38. The molecule has 1 atom stereocenters. The second-order valence-corrected chi connectivity index (χ2v) is 9.88. The van der Waals surface area contributed by atoms with Crippen LogP contribution in [-0.4, -0.2) is 56.5 Å². The molecule has 1 fully saturated rings. The van der Waals surface area contributed by atoms with Crippen LogP contribution in [-0.2, 0) is 6.18 Å². The van der Waals surface area contributed by atoms with Gasteiger partial charge in [0.05, 0.1) is 22.7 Å². The molecule has 3 aromatic heterocycles. The lowest BCUT2D eigenvalue weighted by Crippen LogP contribution is -2.49. The number of pyridine rings is 1. The number of aromatic nitrogens is 4. The maximum absolute atomic E-state index is 13.4. The van der Waals surface area contributed by atoms with Crippen molar-refractivity contribution in [2.24, 2.45) is 0 Å². The van der Waals surface area contributed by atoms with E-state index in [2.05, 4.69) is 43.9 Å². The van der Waals surface area contributed by atoms with Crippen LogP contribution in [0.2, 0.25) is 0 Å². The van der Waals surface area contributed by atoms with Gasteiger partial charge in [-0.3, -0.25) is 9.30 Å². The number of hydrogen-bond donors (Lipinski definition) is 2. The molecule has 0 bridgehead atoms. The normalized spacial score (nSPS) is 16.2. The highest BCUT2D eigenvalue weighted by Crippen LogP contribution is 2.35. The molecule has 0 amide bonds. The second kappa shape index (κ2) is 9.37. The zero-order valence-corrected chi connectivity index (χ0v) is 21.3. The number of halogens is 3. The fraction of sp³-hybridized carbons (Fsp3) is 0.423. The molecule has 1 aliphatic rings. The maximum Gasteiger partial charge on any atom is 0.416 e. The Kier molecular flexibility index (Phi) is 6.35. The summed E-state index contributed by atoms with van der Waals surface area (Å²) in [6.45, 7) is 11.6. The number of aryl methyl sites for hydroxylation is 1. The standard InChI is InChI=1S/C26H31F3N8/c1-15(2)35-7-9-36(10-8-35)22-14-21-23(33-17(4)34-24(21)37-6-5-31-25(22)37)32-16(3)18-11-19(26(27,28)29)13-20(30)12-18/h5-6,11-16H,7-10,30H2,1-4H3,(H,32,33,34)/t16-/m1/s1. The number of anilines is 3. The van der Waals surface area contributed by atoms with Crippen molar-refractivity contribution < 1.29 is 13.2 Å². The van der Waals surface area contributed by atoms with E-state index < -0.39 is 17.8 Å². The van der Waals surface area contributed by atoms with Gasteiger partial charge in [-0.25, -0.2) is 15.0 Å². The van der Waals surface area contributed by atoms with E-state index in [1.807, 2.05) is 16.7 Å². The first-order valence-corrected chi connectivity index (χ1v) is 12.4. The zero-order chi connectivity index (χ0) is 26.5. The number of nitrogens with zero attached hydrogens (tertiary/aromatic N) is 6. The van der Waals surface area contributed by atoms with Crippen molar-refractivity contribution in [1.29, 1.82) is 0 Å². The second-order valence-electron chi connectivity index (χ2n) is 9.88. The molecule has 0 saturated carbocycles. The Morgan fingerprint density at radius 1 is 0.973 bits per heavy atom. The van der Waals surface area contributed by atoms with Crippen molar-refractivity contribution in [3.8, 4) is 0 Å². The number of benzene rings is 1. The number of nitrogen functional groups attached to an aromatic ring is 1. The number of imidazole rings is 1. The topological polar surface area (TPSA) is 87.6 Å². The van der Waals surface area contributed by atoms with Crippen LogP contribution in [0.5, 0.6) is 0 Å². The fourth-order valence-electron chi connectivity index (χ4n) is 4.95. The largest absolute Gasteiger partial charge is 0.416 e. The summed E-state index contributed by atoms with van der Waals surface area (Å²) in [4.78, 5) is 18.7. The zero-order valence-electron chi connectivity index (χ0n) is 21.3. The molecule has 8 nitrogen and oxygen atoms in total. The summed E-state index contributed by atoms with van der Waals surface area (Å²) in [5.41, 5.74) is 7.99. The van der Waals surface area contributed by atoms with Gasteiger partial charge < -0.3 is 16.0 Å². The van der Waals surface area contributed by atoms with Gasteiger partial charge in [0.1, 0.15) is 11.6 Å². The molecular formula is C26H31F3N8. The number of fused-ring (bicyclic) bond motifs is 3. The first kappa shape index (κ1) is 25.1. The summed E-state index contributed by atoms with van der Waals surface area (Å²) < 4.78 is 42.1. The average Bonchev–Trinajstić information content (AvgIpc) is 3.33. The van der Waals surface area contributed by atoms with Crippen LogP contribution < -0.4 is 16.0 Å². The summed E-state index contributed by atoms with van der Waals surface area (Å²) in [6, 6.07) is 5.66. The monoisotopic (exact) mass is 512 g/mol. The van der Waals surface area contributed by atoms with Crippen molar-refractivity contribution in [1.82, 2.24) is 24.3 Å². The molecule has 37 heavy (non-hydrogen) atoms. The van der Waals surface area contributed by atoms with Crippen LogP contribution >= 0.6 is 0 Å². The molecular weight excluding hydrogens is 481 g/mol. The van der Waals surface area contributed by atoms with Crippen LogP contribution in [0.3, 0.4) is 0 Å². The maximum atomic E-state index is 13.4. The molecule has 1 saturated heterocycles. The first-order valence-electron chi connectivity index (χ1n) is 12.4. The Balaban J connectivity index is 1.56. The molecule has 0 radical (unpaired) electrons. The summed E-state index contributed by atoms with van der Waals surface area (Å²) in [5.74, 6) is 1.09. The SMILES string of the molecule is Cc1nc(N[C@H](C)c2cc(N)cc(C(F)(F)F)c2)c2cc(N3CCN(C(C)C)CC3)c3nccn3c2n1. The van der Waals surface area contributed by atoms with E-state index in [1.165, 1.54) is 0 Å². The molecule has 1 aromatic carbocycles. The summed E-state index contributed by atoms with van der Waals surface area (Å²) in [5, 5.41) is 4.09. The van der Waals surface area contributed by atoms with E-state index in [1.54, 1.807) is 26.1 Å². The van der Waals surface area contributed by atoms with E-state index in [4.69, 9.17) is 5.73 Å². The van der Waals surface area contributed by atoms with Crippen LogP contribution in [0.25, 0.3) is 16.7 Å². The van der Waals surface area contributed by atoms with Gasteiger partial charge in [-0.1, -0.05) is 0 Å². The number of alkyl halides is 3. The quantitative estimate of drug-likeness (QED) is 0.368. The number of rotatable bonds is 5. The highest BCUT2D eigenvalue weighted by atomic mass is 19.4. The molecule has 0 spiro atoms. The third-order valence-electron chi connectivity index (χ3n) is 6.96. The van der Waals surface area contributed by atoms with Crippen molar-refractivity contribution in [2.45, 2.75) is 46.0 Å². The molecule has 196 valence electrons.